The molecule has 2 aromatic heterocycles. The molecule has 0 atom stereocenters. The Morgan fingerprint density at radius 1 is 1.56 bits per heavy atom. The average molecular weight is 216 g/mol. The van der Waals surface area contributed by atoms with E-state index in [-0.39, 0.29) is 0 Å². The van der Waals surface area contributed by atoms with Gasteiger partial charge in [0.2, 0.25) is 5.95 Å². The van der Waals surface area contributed by atoms with E-state index in [2.05, 4.69) is 10.3 Å². The first kappa shape index (κ1) is 9.21. The zero-order chi connectivity index (χ0) is 11.1. The van der Waals surface area contributed by atoms with E-state index in [0.29, 0.717) is 5.49 Å². The molecular weight excluding hydrogens is 204 g/mol. The van der Waals surface area contributed by atoms with Gasteiger partial charge < -0.3 is 9.73 Å². The summed E-state index contributed by atoms with van der Waals surface area (Å²) in [5, 5.41) is 11.1. The van der Waals surface area contributed by atoms with Gasteiger partial charge in [0.15, 0.2) is 0 Å². The second kappa shape index (κ2) is 3.23. The summed E-state index contributed by atoms with van der Waals surface area (Å²) in [4.78, 5) is 4.49. The standard InChI is InChI=1S/C11H12N4O/c1-7-8(2-5-16-7)9-6-10(12)15-4-3-13-11(15)14-9/h2,5-6,12H,3-4H2,1H3,(H,13,14). The number of nitrogens with one attached hydrogen (secondary N) is 2. The van der Waals surface area contributed by atoms with Crippen molar-refractivity contribution in [2.45, 2.75) is 13.5 Å². The van der Waals surface area contributed by atoms with Crippen molar-refractivity contribution in [3.8, 4) is 11.3 Å². The van der Waals surface area contributed by atoms with Gasteiger partial charge in [0.25, 0.3) is 0 Å². The minimum Gasteiger partial charge on any atom is -0.469 e. The van der Waals surface area contributed by atoms with Crippen LogP contribution < -0.4 is 10.8 Å². The second-order valence-electron chi connectivity index (χ2n) is 3.82. The monoisotopic (exact) mass is 216 g/mol. The predicted octanol–water partition coefficient (Wildman–Crippen LogP) is 1.36. The minimum atomic E-state index is 0.477. The number of aryl methyl sites for hydroxylation is 1. The van der Waals surface area contributed by atoms with Crippen LogP contribution in [0.15, 0.2) is 22.8 Å². The smallest absolute Gasteiger partial charge is 0.205 e. The minimum absolute atomic E-state index is 0.477. The van der Waals surface area contributed by atoms with Crippen LogP contribution in [0, 0.1) is 12.3 Å². The Kier molecular flexibility index (Phi) is 1.86. The Labute approximate surface area is 92.3 Å². The zero-order valence-electron chi connectivity index (χ0n) is 8.95. The van der Waals surface area contributed by atoms with Crippen LogP contribution in [0.3, 0.4) is 0 Å². The zero-order valence-corrected chi connectivity index (χ0v) is 8.95. The fourth-order valence-electron chi connectivity index (χ4n) is 1.96. The van der Waals surface area contributed by atoms with Crippen LogP contribution in [0.4, 0.5) is 5.95 Å². The first-order valence-electron chi connectivity index (χ1n) is 5.20. The van der Waals surface area contributed by atoms with Crippen molar-refractivity contribution in [3.63, 3.8) is 0 Å². The van der Waals surface area contributed by atoms with E-state index < -0.39 is 0 Å². The molecule has 2 N–H and O–H groups in total. The van der Waals surface area contributed by atoms with E-state index in [1.54, 1.807) is 12.3 Å². The molecule has 16 heavy (non-hydrogen) atoms. The molecule has 0 amide bonds. The molecule has 0 saturated carbocycles. The van der Waals surface area contributed by atoms with Crippen LogP contribution in [0.5, 0.6) is 0 Å². The molecule has 5 heteroatoms. The van der Waals surface area contributed by atoms with Crippen LogP contribution in [0.1, 0.15) is 5.76 Å². The predicted molar refractivity (Wildman–Crippen MR) is 59.0 cm³/mol. The lowest BCUT2D eigenvalue weighted by Crippen LogP contribution is -2.18. The molecular formula is C11H12N4O. The van der Waals surface area contributed by atoms with E-state index in [9.17, 15) is 0 Å². The second-order valence-corrected chi connectivity index (χ2v) is 3.82. The number of rotatable bonds is 1. The lowest BCUT2D eigenvalue weighted by Gasteiger charge is -2.05. The average Bonchev–Trinajstić information content (AvgIpc) is 2.85. The Morgan fingerprint density at radius 3 is 3.19 bits per heavy atom. The van der Waals surface area contributed by atoms with E-state index in [0.717, 1.165) is 36.1 Å². The van der Waals surface area contributed by atoms with Gasteiger partial charge in [-0.05, 0) is 13.0 Å². The number of hydrogen-bond donors (Lipinski definition) is 2. The van der Waals surface area contributed by atoms with Gasteiger partial charge in [-0.15, -0.1) is 0 Å². The summed E-state index contributed by atoms with van der Waals surface area (Å²) in [7, 11) is 0. The largest absolute Gasteiger partial charge is 0.469 e. The third-order valence-electron chi connectivity index (χ3n) is 2.80. The topological polar surface area (TPSA) is 66.8 Å². The highest BCUT2D eigenvalue weighted by molar-refractivity contribution is 5.62. The van der Waals surface area contributed by atoms with E-state index in [1.165, 1.54) is 0 Å². The molecule has 5 nitrogen and oxygen atoms in total. The third-order valence-corrected chi connectivity index (χ3v) is 2.80. The summed E-state index contributed by atoms with van der Waals surface area (Å²) < 4.78 is 7.11. The highest BCUT2D eigenvalue weighted by Gasteiger charge is 2.14. The van der Waals surface area contributed by atoms with Gasteiger partial charge in [0.05, 0.1) is 12.0 Å². The molecule has 0 unspecified atom stereocenters. The Morgan fingerprint density at radius 2 is 2.44 bits per heavy atom. The van der Waals surface area contributed by atoms with Crippen LogP contribution in [-0.4, -0.2) is 16.1 Å². The van der Waals surface area contributed by atoms with E-state index in [4.69, 9.17) is 9.83 Å². The van der Waals surface area contributed by atoms with Crippen molar-refractivity contribution in [3.05, 3.63) is 29.6 Å². The summed E-state index contributed by atoms with van der Waals surface area (Å²) in [5.41, 5.74) is 2.22. The van der Waals surface area contributed by atoms with Gasteiger partial charge in [-0.1, -0.05) is 0 Å². The number of aromatic nitrogens is 2. The van der Waals surface area contributed by atoms with Crippen molar-refractivity contribution >= 4 is 5.95 Å². The molecule has 82 valence electrons. The molecule has 1 aliphatic rings. The molecule has 0 aliphatic carbocycles. The van der Waals surface area contributed by atoms with Gasteiger partial charge >= 0.3 is 0 Å². The van der Waals surface area contributed by atoms with E-state index >= 15 is 0 Å². The first-order valence-corrected chi connectivity index (χ1v) is 5.20. The highest BCUT2D eigenvalue weighted by atomic mass is 16.3. The quantitative estimate of drug-likeness (QED) is 0.756. The van der Waals surface area contributed by atoms with Crippen LogP contribution in [-0.2, 0) is 6.54 Å². The number of furan rings is 1. The van der Waals surface area contributed by atoms with Gasteiger partial charge in [-0.25, -0.2) is 4.98 Å². The number of nitrogens with zero attached hydrogens (tertiary/aromatic N) is 2. The molecule has 3 rings (SSSR count). The SMILES string of the molecule is Cc1occc1-c1cc(=N)n2c(n1)NCC2. The molecule has 0 bridgehead atoms. The fraction of sp³-hybridized carbons (Fsp3) is 0.273. The summed E-state index contributed by atoms with van der Waals surface area (Å²) in [6.45, 7) is 3.55. The summed E-state index contributed by atoms with van der Waals surface area (Å²) >= 11 is 0. The van der Waals surface area contributed by atoms with Gasteiger partial charge in [-0.3, -0.25) is 9.98 Å². The van der Waals surface area contributed by atoms with Gasteiger partial charge in [0, 0.05) is 24.7 Å². The Bertz CT molecular complexity index is 596. The number of fused-ring (bicyclic) bond motifs is 1. The van der Waals surface area contributed by atoms with Crippen LogP contribution in [0.2, 0.25) is 0 Å². The van der Waals surface area contributed by atoms with Crippen molar-refractivity contribution in [1.29, 1.82) is 5.41 Å². The van der Waals surface area contributed by atoms with Gasteiger partial charge in [0.1, 0.15) is 11.2 Å². The molecule has 0 spiro atoms. The highest BCUT2D eigenvalue weighted by Crippen LogP contribution is 2.22. The van der Waals surface area contributed by atoms with Crippen LogP contribution >= 0.6 is 0 Å². The number of anilines is 1. The fourth-order valence-corrected chi connectivity index (χ4v) is 1.96. The number of hydrogen-bond acceptors (Lipinski definition) is 4. The third kappa shape index (κ3) is 1.25. The summed E-state index contributed by atoms with van der Waals surface area (Å²) in [6.07, 6.45) is 1.64. The first-order chi connectivity index (χ1) is 7.75. The maximum absolute atomic E-state index is 7.92. The Hall–Kier alpha value is -2.04. The van der Waals surface area contributed by atoms with Crippen molar-refractivity contribution in [1.82, 2.24) is 9.55 Å². The Balaban J connectivity index is 2.21. The molecule has 3 heterocycles. The maximum Gasteiger partial charge on any atom is 0.205 e. The van der Waals surface area contributed by atoms with Crippen molar-refractivity contribution < 1.29 is 4.42 Å². The van der Waals surface area contributed by atoms with E-state index in [1.807, 2.05) is 17.6 Å². The normalized spacial score (nSPS) is 13.6. The molecule has 2 aromatic rings. The summed E-state index contributed by atoms with van der Waals surface area (Å²) in [5.74, 6) is 1.60. The molecule has 0 aromatic carbocycles. The maximum atomic E-state index is 7.92. The molecule has 0 saturated heterocycles. The molecule has 1 aliphatic heterocycles. The molecule has 0 radical (unpaired) electrons. The van der Waals surface area contributed by atoms with Crippen molar-refractivity contribution in [2.75, 3.05) is 11.9 Å². The summed E-state index contributed by atoms with van der Waals surface area (Å²) in [6, 6.07) is 3.65. The lowest BCUT2D eigenvalue weighted by atomic mass is 10.2. The molecule has 0 fully saturated rings. The van der Waals surface area contributed by atoms with Crippen LogP contribution in [0.25, 0.3) is 11.3 Å². The van der Waals surface area contributed by atoms with Gasteiger partial charge in [-0.2, -0.15) is 0 Å². The lowest BCUT2D eigenvalue weighted by molar-refractivity contribution is 0.535. The van der Waals surface area contributed by atoms with Crippen molar-refractivity contribution in [2.24, 2.45) is 0 Å².